The summed E-state index contributed by atoms with van der Waals surface area (Å²) in [5.41, 5.74) is 1.14. The van der Waals surface area contributed by atoms with Crippen molar-refractivity contribution < 1.29 is 5.11 Å². The van der Waals surface area contributed by atoms with Gasteiger partial charge in [0.15, 0.2) is 0 Å². The number of fused-ring (bicyclic) bond motifs is 1. The first kappa shape index (κ1) is 9.55. The van der Waals surface area contributed by atoms with Crippen molar-refractivity contribution in [1.29, 1.82) is 0 Å². The molecule has 0 saturated carbocycles. The number of halogens is 2. The van der Waals surface area contributed by atoms with Crippen LogP contribution >= 0.6 is 45.5 Å². The van der Waals surface area contributed by atoms with Gasteiger partial charge in [-0.3, -0.25) is 0 Å². The second kappa shape index (κ2) is 3.63. The molecule has 1 aromatic carbocycles. The summed E-state index contributed by atoms with van der Waals surface area (Å²) in [6, 6.07) is 3.76. The Morgan fingerprint density at radius 1 is 1.46 bits per heavy atom. The molecule has 4 heteroatoms. The number of thiophene rings is 1. The molecule has 68 valence electrons. The Hall–Kier alpha value is -0.000000000000000111. The molecular weight excluding hydrogens is 319 g/mol. The topological polar surface area (TPSA) is 20.2 Å². The molecule has 0 spiro atoms. The summed E-state index contributed by atoms with van der Waals surface area (Å²) in [4.78, 5) is 0. The summed E-state index contributed by atoms with van der Waals surface area (Å²) in [5.74, 6) is 0.872. The summed E-state index contributed by atoms with van der Waals surface area (Å²) >= 11 is 9.51. The summed E-state index contributed by atoms with van der Waals surface area (Å²) in [5, 5.41) is 12.7. The first-order valence-corrected chi connectivity index (χ1v) is 6.16. The zero-order valence-corrected chi connectivity index (χ0v) is 10.3. The van der Waals surface area contributed by atoms with E-state index in [0.29, 0.717) is 11.6 Å². The number of alkyl halides is 1. The molecule has 1 nitrogen and oxygen atoms in total. The van der Waals surface area contributed by atoms with Crippen molar-refractivity contribution in [2.45, 2.75) is 5.88 Å². The van der Waals surface area contributed by atoms with Crippen molar-refractivity contribution in [3.8, 4) is 5.75 Å². The van der Waals surface area contributed by atoms with Gasteiger partial charge in [0.2, 0.25) is 0 Å². The lowest BCUT2D eigenvalue weighted by molar-refractivity contribution is 0.472. The van der Waals surface area contributed by atoms with Gasteiger partial charge in [0.25, 0.3) is 0 Å². The predicted molar refractivity (Wildman–Crippen MR) is 65.8 cm³/mol. The van der Waals surface area contributed by atoms with E-state index in [2.05, 4.69) is 22.6 Å². The lowest BCUT2D eigenvalue weighted by atomic mass is 10.2. The van der Waals surface area contributed by atoms with Crippen LogP contribution in [0.1, 0.15) is 5.56 Å². The average Bonchev–Trinajstić information content (AvgIpc) is 2.48. The highest BCUT2D eigenvalue weighted by molar-refractivity contribution is 14.1. The van der Waals surface area contributed by atoms with Gasteiger partial charge in [-0.05, 0) is 51.1 Å². The van der Waals surface area contributed by atoms with Gasteiger partial charge in [-0.25, -0.2) is 0 Å². The minimum atomic E-state index is 0.344. The molecular formula is C9H6ClIOS. The van der Waals surface area contributed by atoms with E-state index in [0.717, 1.165) is 19.2 Å². The Bertz CT molecular complexity index is 452. The van der Waals surface area contributed by atoms with E-state index in [1.54, 1.807) is 17.4 Å². The zero-order valence-electron chi connectivity index (χ0n) is 6.55. The van der Waals surface area contributed by atoms with Crippen molar-refractivity contribution in [1.82, 2.24) is 0 Å². The first-order chi connectivity index (χ1) is 6.22. The Labute approximate surface area is 98.5 Å². The number of aromatic hydroxyl groups is 1. The van der Waals surface area contributed by atoms with Crippen LogP contribution in [-0.2, 0) is 5.88 Å². The van der Waals surface area contributed by atoms with Crippen LogP contribution in [0.25, 0.3) is 10.1 Å². The minimum Gasteiger partial charge on any atom is -0.507 e. The molecule has 0 atom stereocenters. The van der Waals surface area contributed by atoms with Gasteiger partial charge in [-0.15, -0.1) is 22.9 Å². The third-order valence-corrected chi connectivity index (χ3v) is 4.01. The van der Waals surface area contributed by atoms with Gasteiger partial charge in [0.1, 0.15) is 5.75 Å². The maximum Gasteiger partial charge on any atom is 0.130 e. The number of hydrogen-bond donors (Lipinski definition) is 1. The Morgan fingerprint density at radius 3 is 2.92 bits per heavy atom. The number of hydrogen-bond acceptors (Lipinski definition) is 2. The molecule has 0 aliphatic carbocycles. The molecule has 0 saturated heterocycles. The Kier molecular flexibility index (Phi) is 2.67. The molecule has 0 aliphatic heterocycles. The van der Waals surface area contributed by atoms with Crippen LogP contribution in [0.5, 0.6) is 5.75 Å². The van der Waals surface area contributed by atoms with Crippen LogP contribution in [0.4, 0.5) is 0 Å². The Balaban J connectivity index is 2.77. The largest absolute Gasteiger partial charge is 0.507 e. The van der Waals surface area contributed by atoms with Gasteiger partial charge in [-0.1, -0.05) is 0 Å². The first-order valence-electron chi connectivity index (χ1n) is 3.67. The zero-order chi connectivity index (χ0) is 9.42. The van der Waals surface area contributed by atoms with Crippen molar-refractivity contribution >= 4 is 55.6 Å². The van der Waals surface area contributed by atoms with E-state index in [1.165, 1.54) is 0 Å². The number of phenols is 1. The van der Waals surface area contributed by atoms with Gasteiger partial charge in [0, 0.05) is 10.6 Å². The maximum absolute atomic E-state index is 9.47. The van der Waals surface area contributed by atoms with Crippen LogP contribution in [0.3, 0.4) is 0 Å². The fraction of sp³-hybridized carbons (Fsp3) is 0.111. The molecule has 0 amide bonds. The molecule has 1 aromatic heterocycles. The molecule has 1 heterocycles. The summed E-state index contributed by atoms with van der Waals surface area (Å²) < 4.78 is 1.96. The van der Waals surface area contributed by atoms with Gasteiger partial charge in [0.05, 0.1) is 3.57 Å². The monoisotopic (exact) mass is 324 g/mol. The third-order valence-electron chi connectivity index (χ3n) is 1.87. The number of benzene rings is 1. The van der Waals surface area contributed by atoms with E-state index in [-0.39, 0.29) is 0 Å². The highest BCUT2D eigenvalue weighted by atomic mass is 127. The van der Waals surface area contributed by atoms with Crippen LogP contribution < -0.4 is 0 Å². The van der Waals surface area contributed by atoms with Crippen LogP contribution in [-0.4, -0.2) is 5.11 Å². The van der Waals surface area contributed by atoms with E-state index < -0.39 is 0 Å². The van der Waals surface area contributed by atoms with Crippen LogP contribution in [0, 0.1) is 3.57 Å². The van der Waals surface area contributed by atoms with Crippen molar-refractivity contribution in [3.05, 3.63) is 26.6 Å². The van der Waals surface area contributed by atoms with E-state index in [9.17, 15) is 5.11 Å². The standard InChI is InChI=1S/C9H6ClIOS/c10-3-5-4-13-9-2-8(12)7(11)1-6(5)9/h1-2,4,12H,3H2. The normalized spacial score (nSPS) is 10.9. The molecule has 0 unspecified atom stereocenters. The van der Waals surface area contributed by atoms with Crippen LogP contribution in [0.2, 0.25) is 0 Å². The molecule has 0 aliphatic rings. The lowest BCUT2D eigenvalue weighted by Gasteiger charge is -1.98. The second-order valence-corrected chi connectivity index (χ2v) is 5.04. The third kappa shape index (κ3) is 1.65. The molecule has 2 aromatic rings. The maximum atomic E-state index is 9.47. The van der Waals surface area contributed by atoms with E-state index in [1.807, 2.05) is 11.4 Å². The number of rotatable bonds is 1. The van der Waals surface area contributed by atoms with Gasteiger partial charge >= 0.3 is 0 Å². The molecule has 0 bridgehead atoms. The molecule has 13 heavy (non-hydrogen) atoms. The summed E-state index contributed by atoms with van der Waals surface area (Å²) in [6.45, 7) is 0. The van der Waals surface area contributed by atoms with Crippen molar-refractivity contribution in [2.24, 2.45) is 0 Å². The van der Waals surface area contributed by atoms with Crippen LogP contribution in [0.15, 0.2) is 17.5 Å². The van der Waals surface area contributed by atoms with E-state index in [4.69, 9.17) is 11.6 Å². The summed E-state index contributed by atoms with van der Waals surface area (Å²) in [6.07, 6.45) is 0. The lowest BCUT2D eigenvalue weighted by Crippen LogP contribution is -1.76. The quantitative estimate of drug-likeness (QED) is 0.622. The fourth-order valence-corrected chi connectivity index (χ4v) is 2.95. The highest BCUT2D eigenvalue weighted by Gasteiger charge is 2.06. The van der Waals surface area contributed by atoms with E-state index >= 15 is 0 Å². The van der Waals surface area contributed by atoms with Gasteiger partial charge in [-0.2, -0.15) is 0 Å². The minimum absolute atomic E-state index is 0.344. The molecule has 2 rings (SSSR count). The van der Waals surface area contributed by atoms with Gasteiger partial charge < -0.3 is 5.11 Å². The fourth-order valence-electron chi connectivity index (χ4n) is 1.19. The molecule has 0 fully saturated rings. The summed E-state index contributed by atoms with van der Waals surface area (Å²) in [7, 11) is 0. The average molecular weight is 325 g/mol. The Morgan fingerprint density at radius 2 is 2.23 bits per heavy atom. The molecule has 1 N–H and O–H groups in total. The second-order valence-electron chi connectivity index (χ2n) is 2.69. The number of phenolic OH excluding ortho intramolecular Hbond substituents is 1. The van der Waals surface area contributed by atoms with Crippen molar-refractivity contribution in [2.75, 3.05) is 0 Å². The van der Waals surface area contributed by atoms with Crippen molar-refractivity contribution in [3.63, 3.8) is 0 Å². The highest BCUT2D eigenvalue weighted by Crippen LogP contribution is 2.33. The smallest absolute Gasteiger partial charge is 0.130 e. The predicted octanol–water partition coefficient (Wildman–Crippen LogP) is 3.95. The molecule has 0 radical (unpaired) electrons. The SMILES string of the molecule is Oc1cc2scc(CCl)c2cc1I.